The van der Waals surface area contributed by atoms with Crippen LogP contribution < -0.4 is 4.90 Å². The number of allylic oxidation sites excluding steroid dienone is 1. The van der Waals surface area contributed by atoms with E-state index in [1.807, 2.05) is 42.6 Å². The first-order valence-electron chi connectivity index (χ1n) is 7.59. The number of nitrogens with zero attached hydrogens (tertiary/aromatic N) is 1. The first kappa shape index (κ1) is 17.6. The minimum absolute atomic E-state index is 0.229. The molecule has 6 heteroatoms. The Kier molecular flexibility index (Phi) is 4.92. The Morgan fingerprint density at radius 3 is 2.44 bits per heavy atom. The minimum atomic E-state index is -0.508. The quantitative estimate of drug-likeness (QED) is 0.537. The Hall–Kier alpha value is -2.18. The molecule has 1 aromatic heterocycles. The second-order valence-electron chi connectivity index (χ2n) is 5.59. The lowest BCUT2D eigenvalue weighted by Crippen LogP contribution is -2.24. The summed E-state index contributed by atoms with van der Waals surface area (Å²) in [5, 5.41) is 1.96. The number of amides is 1. The van der Waals surface area contributed by atoms with Gasteiger partial charge in [-0.15, -0.1) is 11.3 Å². The standard InChI is InChI=1S/C19H16BrNO3S/c1-11-8-9-25-16(11)10-15-17(19(23)24-3)12(2)21(18(15)22)14-6-4-13(20)5-7-14/h4-10H,1-3H3/b15-10-. The van der Waals surface area contributed by atoms with E-state index in [0.717, 1.165) is 14.9 Å². The van der Waals surface area contributed by atoms with Gasteiger partial charge in [-0.3, -0.25) is 9.69 Å². The predicted molar refractivity (Wildman–Crippen MR) is 103 cm³/mol. The van der Waals surface area contributed by atoms with Gasteiger partial charge in [-0.2, -0.15) is 0 Å². The third-order valence-corrected chi connectivity index (χ3v) is 5.55. The van der Waals surface area contributed by atoms with Gasteiger partial charge in [0.1, 0.15) is 0 Å². The summed E-state index contributed by atoms with van der Waals surface area (Å²) in [5.74, 6) is -0.737. The van der Waals surface area contributed by atoms with Crippen LogP contribution in [0, 0.1) is 6.92 Å². The number of carbonyl (C=O) groups is 2. The fourth-order valence-corrected chi connectivity index (χ4v) is 3.87. The molecule has 4 nitrogen and oxygen atoms in total. The second-order valence-corrected chi connectivity index (χ2v) is 7.46. The fourth-order valence-electron chi connectivity index (χ4n) is 2.74. The zero-order valence-electron chi connectivity index (χ0n) is 14.0. The highest BCUT2D eigenvalue weighted by Gasteiger charge is 2.38. The van der Waals surface area contributed by atoms with Crippen molar-refractivity contribution in [2.45, 2.75) is 13.8 Å². The molecule has 0 fully saturated rings. The molecule has 0 bridgehead atoms. The van der Waals surface area contributed by atoms with Gasteiger partial charge < -0.3 is 4.74 Å². The van der Waals surface area contributed by atoms with E-state index in [9.17, 15) is 9.59 Å². The molecule has 3 rings (SSSR count). The molecule has 1 aliphatic rings. The smallest absolute Gasteiger partial charge is 0.340 e. The minimum Gasteiger partial charge on any atom is -0.465 e. The van der Waals surface area contributed by atoms with Gasteiger partial charge in [0.15, 0.2) is 0 Å². The number of thiophene rings is 1. The van der Waals surface area contributed by atoms with Crippen molar-refractivity contribution in [1.82, 2.24) is 0 Å². The van der Waals surface area contributed by atoms with E-state index in [2.05, 4.69) is 15.9 Å². The highest BCUT2D eigenvalue weighted by Crippen LogP contribution is 2.36. The SMILES string of the molecule is COC(=O)C1=C(C)N(c2ccc(Br)cc2)C(=O)/C1=C\c1sccc1C. The van der Waals surface area contributed by atoms with Gasteiger partial charge in [-0.25, -0.2) is 4.79 Å². The Bertz CT molecular complexity index is 909. The summed E-state index contributed by atoms with van der Waals surface area (Å²) in [6.07, 6.45) is 1.77. The van der Waals surface area contributed by atoms with E-state index in [0.29, 0.717) is 22.5 Å². The molecule has 0 saturated heterocycles. The number of methoxy groups -OCH3 is 1. The van der Waals surface area contributed by atoms with E-state index in [-0.39, 0.29) is 5.91 Å². The van der Waals surface area contributed by atoms with E-state index < -0.39 is 5.97 Å². The number of rotatable bonds is 3. The van der Waals surface area contributed by atoms with Crippen molar-refractivity contribution in [2.75, 3.05) is 12.0 Å². The van der Waals surface area contributed by atoms with E-state index in [4.69, 9.17) is 4.74 Å². The van der Waals surface area contributed by atoms with Gasteiger partial charge in [0.25, 0.3) is 5.91 Å². The van der Waals surface area contributed by atoms with Crippen LogP contribution in [0.15, 0.2) is 57.0 Å². The lowest BCUT2D eigenvalue weighted by atomic mass is 10.1. The zero-order valence-corrected chi connectivity index (χ0v) is 16.4. The van der Waals surface area contributed by atoms with Gasteiger partial charge in [-0.05, 0) is 61.2 Å². The van der Waals surface area contributed by atoms with Gasteiger partial charge in [-0.1, -0.05) is 15.9 Å². The molecule has 0 atom stereocenters. The molecular formula is C19H16BrNO3S. The normalized spacial score (nSPS) is 16.1. The number of anilines is 1. The third kappa shape index (κ3) is 3.19. The van der Waals surface area contributed by atoms with Crippen molar-refractivity contribution in [3.05, 3.63) is 67.5 Å². The van der Waals surface area contributed by atoms with Crippen molar-refractivity contribution in [3.63, 3.8) is 0 Å². The predicted octanol–water partition coefficient (Wildman–Crippen LogP) is 4.70. The maximum atomic E-state index is 13.1. The van der Waals surface area contributed by atoms with Crippen molar-refractivity contribution in [3.8, 4) is 0 Å². The first-order valence-corrected chi connectivity index (χ1v) is 9.26. The average molecular weight is 418 g/mol. The molecule has 1 aliphatic heterocycles. The van der Waals surface area contributed by atoms with Crippen molar-refractivity contribution in [1.29, 1.82) is 0 Å². The topological polar surface area (TPSA) is 46.6 Å². The molecule has 0 N–H and O–H groups in total. The number of carbonyl (C=O) groups excluding carboxylic acids is 2. The van der Waals surface area contributed by atoms with Crippen LogP contribution in [0.3, 0.4) is 0 Å². The Labute approximate surface area is 158 Å². The second kappa shape index (κ2) is 6.98. The number of aryl methyl sites for hydroxylation is 1. The van der Waals surface area contributed by atoms with Crippen LogP contribution in [0.25, 0.3) is 6.08 Å². The summed E-state index contributed by atoms with van der Waals surface area (Å²) < 4.78 is 5.83. The average Bonchev–Trinajstić information content (AvgIpc) is 3.10. The maximum absolute atomic E-state index is 13.1. The third-order valence-electron chi connectivity index (χ3n) is 4.05. The number of hydrogen-bond donors (Lipinski definition) is 0. The molecule has 0 saturated carbocycles. The molecule has 25 heavy (non-hydrogen) atoms. The monoisotopic (exact) mass is 417 g/mol. The Morgan fingerprint density at radius 1 is 1.20 bits per heavy atom. The molecule has 0 unspecified atom stereocenters. The largest absolute Gasteiger partial charge is 0.465 e. The number of hydrogen-bond acceptors (Lipinski definition) is 4. The molecule has 1 aromatic carbocycles. The Balaban J connectivity index is 2.14. The number of esters is 1. The lowest BCUT2D eigenvalue weighted by Gasteiger charge is -2.17. The number of halogens is 1. The van der Waals surface area contributed by atoms with E-state index in [1.165, 1.54) is 18.4 Å². The summed E-state index contributed by atoms with van der Waals surface area (Å²) in [7, 11) is 1.32. The molecule has 1 amide bonds. The van der Waals surface area contributed by atoms with E-state index >= 15 is 0 Å². The van der Waals surface area contributed by atoms with Gasteiger partial charge in [0.2, 0.25) is 0 Å². The lowest BCUT2D eigenvalue weighted by molar-refractivity contribution is -0.136. The van der Waals surface area contributed by atoms with Crippen molar-refractivity contribution >= 4 is 50.9 Å². The van der Waals surface area contributed by atoms with Gasteiger partial charge in [0.05, 0.1) is 18.3 Å². The van der Waals surface area contributed by atoms with Crippen LogP contribution in [0.5, 0.6) is 0 Å². The fraction of sp³-hybridized carbons (Fsp3) is 0.158. The number of benzene rings is 1. The van der Waals surface area contributed by atoms with Crippen molar-refractivity contribution < 1.29 is 14.3 Å². The van der Waals surface area contributed by atoms with Gasteiger partial charge >= 0.3 is 5.97 Å². The zero-order chi connectivity index (χ0) is 18.1. The highest BCUT2D eigenvalue weighted by molar-refractivity contribution is 9.10. The summed E-state index contributed by atoms with van der Waals surface area (Å²) in [4.78, 5) is 27.9. The van der Waals surface area contributed by atoms with E-state index in [1.54, 1.807) is 17.9 Å². The van der Waals surface area contributed by atoms with Crippen LogP contribution in [-0.4, -0.2) is 19.0 Å². The molecule has 0 aliphatic carbocycles. The van der Waals surface area contributed by atoms with Gasteiger partial charge in [0, 0.05) is 20.7 Å². The molecule has 0 spiro atoms. The summed E-state index contributed by atoms with van der Waals surface area (Å²) in [5.41, 5.74) is 3.01. The summed E-state index contributed by atoms with van der Waals surface area (Å²) >= 11 is 4.92. The highest BCUT2D eigenvalue weighted by atomic mass is 79.9. The molecule has 0 radical (unpaired) electrons. The van der Waals surface area contributed by atoms with Crippen LogP contribution in [0.4, 0.5) is 5.69 Å². The molecule has 2 heterocycles. The van der Waals surface area contributed by atoms with Crippen LogP contribution in [0.1, 0.15) is 17.4 Å². The summed E-state index contributed by atoms with van der Waals surface area (Å²) in [6, 6.07) is 9.37. The number of ether oxygens (including phenoxy) is 1. The first-order chi connectivity index (χ1) is 11.9. The van der Waals surface area contributed by atoms with Crippen molar-refractivity contribution in [2.24, 2.45) is 0 Å². The summed E-state index contributed by atoms with van der Waals surface area (Å²) in [6.45, 7) is 3.73. The van der Waals surface area contributed by atoms with Crippen LogP contribution in [0.2, 0.25) is 0 Å². The van der Waals surface area contributed by atoms with Crippen LogP contribution in [-0.2, 0) is 14.3 Å². The molecule has 2 aromatic rings. The van der Waals surface area contributed by atoms with Crippen LogP contribution >= 0.6 is 27.3 Å². The molecule has 128 valence electrons. The Morgan fingerprint density at radius 2 is 1.88 bits per heavy atom. The molecular weight excluding hydrogens is 402 g/mol. The maximum Gasteiger partial charge on any atom is 0.340 e.